The fourth-order valence-corrected chi connectivity index (χ4v) is 0.747. The Kier molecular flexibility index (Phi) is 4.69. The maximum absolute atomic E-state index is 10.3. The van der Waals surface area contributed by atoms with Crippen molar-refractivity contribution in [2.24, 2.45) is 0 Å². The summed E-state index contributed by atoms with van der Waals surface area (Å²) in [6, 6.07) is 3.75. The molecule has 0 amide bonds. The van der Waals surface area contributed by atoms with Crippen LogP contribution in [0.3, 0.4) is 0 Å². The normalized spacial score (nSPS) is 10.1. The van der Waals surface area contributed by atoms with Crippen LogP contribution >= 0.6 is 0 Å². The first-order chi connectivity index (χ1) is 7.13. The van der Waals surface area contributed by atoms with Crippen LogP contribution in [-0.2, 0) is 10.4 Å². The monoisotopic (exact) mass is 252 g/mol. The van der Waals surface area contributed by atoms with E-state index in [2.05, 4.69) is 0 Å². The predicted octanol–water partition coefficient (Wildman–Crippen LogP) is 0.143. The van der Waals surface area contributed by atoms with Crippen molar-refractivity contribution in [2.75, 3.05) is 0 Å². The first kappa shape index (κ1) is 14.2. The lowest BCUT2D eigenvalue weighted by molar-refractivity contribution is 0.0690. The van der Waals surface area contributed by atoms with E-state index in [-0.39, 0.29) is 0 Å². The molecule has 0 fully saturated rings. The second kappa shape index (κ2) is 5.30. The summed E-state index contributed by atoms with van der Waals surface area (Å²) >= 11 is 0. The van der Waals surface area contributed by atoms with Gasteiger partial charge in [0.05, 0.1) is 0 Å². The number of benzene rings is 1. The topological polar surface area (TPSA) is 152 Å². The van der Waals surface area contributed by atoms with Gasteiger partial charge in [0, 0.05) is 0 Å². The first-order valence-corrected chi connectivity index (χ1v) is 4.96. The van der Waals surface area contributed by atoms with Crippen molar-refractivity contribution >= 4 is 16.4 Å². The van der Waals surface area contributed by atoms with E-state index in [1.165, 1.54) is 18.2 Å². The lowest BCUT2D eigenvalue weighted by Gasteiger charge is -1.99. The summed E-state index contributed by atoms with van der Waals surface area (Å²) in [5.74, 6) is -2.21. The van der Waals surface area contributed by atoms with Crippen molar-refractivity contribution in [3.63, 3.8) is 0 Å². The smallest absolute Gasteiger partial charge is 0.394 e. The van der Waals surface area contributed by atoms with Crippen molar-refractivity contribution < 1.29 is 37.6 Å². The van der Waals surface area contributed by atoms with Gasteiger partial charge in [-0.15, -0.1) is 0 Å². The van der Waals surface area contributed by atoms with E-state index in [0.29, 0.717) is 0 Å². The van der Waals surface area contributed by atoms with E-state index >= 15 is 0 Å². The van der Waals surface area contributed by atoms with E-state index < -0.39 is 33.4 Å². The van der Waals surface area contributed by atoms with Crippen molar-refractivity contribution in [3.8, 4) is 11.5 Å². The molecule has 1 aromatic carbocycles. The summed E-state index contributed by atoms with van der Waals surface area (Å²) in [6.45, 7) is 0. The minimum Gasteiger partial charge on any atom is -0.507 e. The van der Waals surface area contributed by atoms with Crippen LogP contribution in [0.15, 0.2) is 18.2 Å². The van der Waals surface area contributed by atoms with Gasteiger partial charge in [-0.3, -0.25) is 9.11 Å². The van der Waals surface area contributed by atoms with Crippen molar-refractivity contribution in [2.45, 2.75) is 0 Å². The van der Waals surface area contributed by atoms with Crippen LogP contribution in [0.1, 0.15) is 10.4 Å². The van der Waals surface area contributed by atoms with Crippen LogP contribution in [0.4, 0.5) is 0 Å². The Balaban J connectivity index is 0.000000385. The highest BCUT2D eigenvalue weighted by Gasteiger charge is 2.13. The highest BCUT2D eigenvalue weighted by Crippen LogP contribution is 2.25. The highest BCUT2D eigenvalue weighted by molar-refractivity contribution is 7.79. The van der Waals surface area contributed by atoms with E-state index in [1.807, 2.05) is 0 Å². The molecule has 0 saturated carbocycles. The Morgan fingerprint density at radius 1 is 1.06 bits per heavy atom. The van der Waals surface area contributed by atoms with Crippen LogP contribution in [0, 0.1) is 0 Å². The molecule has 0 saturated heterocycles. The van der Waals surface area contributed by atoms with Gasteiger partial charge in [0.2, 0.25) is 0 Å². The number of carboxylic acid groups (broad SMARTS) is 1. The molecule has 0 spiro atoms. The summed E-state index contributed by atoms with van der Waals surface area (Å²) in [4.78, 5) is 10.3. The average molecular weight is 252 g/mol. The van der Waals surface area contributed by atoms with Crippen molar-refractivity contribution in [1.29, 1.82) is 0 Å². The maximum Gasteiger partial charge on any atom is 0.394 e. The lowest BCUT2D eigenvalue weighted by Crippen LogP contribution is -1.96. The third-order valence-corrected chi connectivity index (χ3v) is 1.23. The molecule has 8 nitrogen and oxygen atoms in total. The minimum absolute atomic E-state index is 0.433. The first-order valence-electron chi connectivity index (χ1n) is 3.57. The molecule has 0 unspecified atom stereocenters. The zero-order valence-electron chi connectivity index (χ0n) is 7.60. The van der Waals surface area contributed by atoms with E-state index in [9.17, 15) is 4.79 Å². The molecule has 1 aromatic rings. The number of carbonyl (C=O) groups is 1. The van der Waals surface area contributed by atoms with Gasteiger partial charge in [0.1, 0.15) is 17.1 Å². The molecule has 0 aliphatic heterocycles. The molecule has 16 heavy (non-hydrogen) atoms. The van der Waals surface area contributed by atoms with Gasteiger partial charge >= 0.3 is 16.4 Å². The summed E-state index contributed by atoms with van der Waals surface area (Å²) in [7, 11) is -4.67. The molecule has 0 heterocycles. The lowest BCUT2D eigenvalue weighted by atomic mass is 10.2. The molecule has 5 N–H and O–H groups in total. The van der Waals surface area contributed by atoms with Gasteiger partial charge in [0.25, 0.3) is 0 Å². The number of aromatic hydroxyl groups is 2. The molecule has 0 aromatic heterocycles. The zero-order chi connectivity index (χ0) is 12.9. The largest absolute Gasteiger partial charge is 0.507 e. The molecule has 0 atom stereocenters. The number of rotatable bonds is 1. The van der Waals surface area contributed by atoms with Crippen LogP contribution in [0.2, 0.25) is 0 Å². The summed E-state index contributed by atoms with van der Waals surface area (Å²) in [5, 5.41) is 26.3. The van der Waals surface area contributed by atoms with E-state index in [0.717, 1.165) is 0 Å². The Hall–Kier alpha value is -1.84. The molecule has 0 radical (unpaired) electrons. The fraction of sp³-hybridized carbons (Fsp3) is 0. The van der Waals surface area contributed by atoms with E-state index in [1.54, 1.807) is 0 Å². The van der Waals surface area contributed by atoms with Gasteiger partial charge < -0.3 is 15.3 Å². The van der Waals surface area contributed by atoms with Crippen molar-refractivity contribution in [3.05, 3.63) is 23.8 Å². The van der Waals surface area contributed by atoms with Gasteiger partial charge in [-0.1, -0.05) is 6.07 Å². The average Bonchev–Trinajstić information content (AvgIpc) is 1.99. The Labute approximate surface area is 90.0 Å². The minimum atomic E-state index is -4.67. The predicted molar refractivity (Wildman–Crippen MR) is 50.9 cm³/mol. The van der Waals surface area contributed by atoms with Crippen LogP contribution in [-0.4, -0.2) is 38.8 Å². The second-order valence-corrected chi connectivity index (χ2v) is 3.32. The number of hydrogen-bond donors (Lipinski definition) is 5. The molecule has 0 aliphatic rings. The molecular weight excluding hydrogens is 244 g/mol. The zero-order valence-corrected chi connectivity index (χ0v) is 8.42. The number of carboxylic acids is 1. The standard InChI is InChI=1S/C7H6O4.H2O4S/c8-4-2-1-3-5(9)6(4)7(10)11;1-5(2,3)4/h1-3,8-9H,(H,10,11);(H2,1,2,3,4). The van der Waals surface area contributed by atoms with Crippen LogP contribution in [0.5, 0.6) is 11.5 Å². The SMILES string of the molecule is O=C(O)c1c(O)cccc1O.O=S(=O)(O)O. The summed E-state index contributed by atoms with van der Waals surface area (Å²) < 4.78 is 31.6. The molecule has 0 aliphatic carbocycles. The van der Waals surface area contributed by atoms with Gasteiger partial charge in [-0.05, 0) is 12.1 Å². The Morgan fingerprint density at radius 3 is 1.56 bits per heavy atom. The number of phenols is 2. The van der Waals surface area contributed by atoms with Crippen LogP contribution < -0.4 is 0 Å². The summed E-state index contributed by atoms with van der Waals surface area (Å²) in [6.07, 6.45) is 0. The molecule has 0 bridgehead atoms. The second-order valence-electron chi connectivity index (χ2n) is 2.42. The Morgan fingerprint density at radius 2 is 1.38 bits per heavy atom. The maximum atomic E-state index is 10.3. The van der Waals surface area contributed by atoms with Gasteiger partial charge in [-0.2, -0.15) is 8.42 Å². The highest BCUT2D eigenvalue weighted by atomic mass is 32.3. The van der Waals surface area contributed by atoms with Gasteiger partial charge in [0.15, 0.2) is 0 Å². The summed E-state index contributed by atoms with van der Waals surface area (Å²) in [5.41, 5.74) is -0.465. The third kappa shape index (κ3) is 5.80. The molecular formula is C7H8O8S. The number of aromatic carboxylic acids is 1. The molecule has 1 rings (SSSR count). The van der Waals surface area contributed by atoms with Crippen molar-refractivity contribution in [1.82, 2.24) is 0 Å². The number of hydrogen-bond acceptors (Lipinski definition) is 5. The molecule has 9 heteroatoms. The quantitative estimate of drug-likeness (QED) is 0.442. The van der Waals surface area contributed by atoms with Gasteiger partial charge in [-0.25, -0.2) is 4.79 Å². The Bertz CT molecular complexity index is 449. The van der Waals surface area contributed by atoms with Crippen LogP contribution in [0.25, 0.3) is 0 Å². The fourth-order valence-electron chi connectivity index (χ4n) is 0.747. The third-order valence-electron chi connectivity index (χ3n) is 1.23. The molecule has 90 valence electrons. The van der Waals surface area contributed by atoms with E-state index in [4.69, 9.17) is 32.8 Å².